The zero-order chi connectivity index (χ0) is 12.4. The molecule has 3 rings (SSSR count). The molecule has 98 valence electrons. The van der Waals surface area contributed by atoms with E-state index in [1.165, 1.54) is 51.4 Å². The van der Waals surface area contributed by atoms with Crippen molar-refractivity contribution < 1.29 is 0 Å². The van der Waals surface area contributed by atoms with E-state index in [0.29, 0.717) is 6.04 Å². The highest BCUT2D eigenvalue weighted by Gasteiger charge is 2.37. The first-order chi connectivity index (χ1) is 8.77. The third-order valence-corrected chi connectivity index (χ3v) is 5.46. The largest absolute Gasteiger partial charge is 0.380 e. The van der Waals surface area contributed by atoms with Crippen LogP contribution in [0, 0.1) is 5.41 Å². The number of nitrogens with one attached hydrogen (secondary N) is 1. The fourth-order valence-electron chi connectivity index (χ4n) is 3.71. The number of halogens is 1. The van der Waals surface area contributed by atoms with Crippen LogP contribution >= 0.6 is 15.9 Å². The van der Waals surface area contributed by atoms with Crippen LogP contribution in [-0.2, 0) is 0 Å². The maximum Gasteiger partial charge on any atom is 0.129 e. The number of anilines is 1. The lowest BCUT2D eigenvalue weighted by Crippen LogP contribution is -2.31. The normalized spacial score (nSPS) is 23.4. The van der Waals surface area contributed by atoms with Gasteiger partial charge in [0.2, 0.25) is 0 Å². The van der Waals surface area contributed by atoms with E-state index in [9.17, 15) is 0 Å². The molecule has 2 aliphatic carbocycles. The first kappa shape index (κ1) is 12.5. The molecule has 0 aromatic carbocycles. The summed E-state index contributed by atoms with van der Waals surface area (Å²) >= 11 is 3.51. The molecule has 2 fully saturated rings. The maximum atomic E-state index is 4.27. The van der Waals surface area contributed by atoms with Gasteiger partial charge < -0.3 is 5.32 Å². The Morgan fingerprint density at radius 2 is 1.89 bits per heavy atom. The summed E-state index contributed by atoms with van der Waals surface area (Å²) < 4.78 is 0.936. The average molecular weight is 309 g/mol. The number of rotatable bonds is 2. The number of nitrogens with zero attached hydrogens (tertiary/aromatic N) is 1. The fourth-order valence-corrected chi connectivity index (χ4v) is 4.08. The number of hydrogen-bond donors (Lipinski definition) is 1. The van der Waals surface area contributed by atoms with Crippen molar-refractivity contribution in [3.8, 4) is 0 Å². The summed E-state index contributed by atoms with van der Waals surface area (Å²) in [6.07, 6.45) is 13.2. The second-order valence-electron chi connectivity index (χ2n) is 5.97. The van der Waals surface area contributed by atoms with Crippen molar-refractivity contribution in [1.82, 2.24) is 4.98 Å². The molecule has 0 unspecified atom stereocenters. The van der Waals surface area contributed by atoms with Gasteiger partial charge >= 0.3 is 0 Å². The number of hydrogen-bond acceptors (Lipinski definition) is 2. The number of aromatic nitrogens is 1. The predicted molar refractivity (Wildman–Crippen MR) is 78.7 cm³/mol. The maximum absolute atomic E-state index is 4.27. The predicted octanol–water partition coefficient (Wildman–Crippen LogP) is 4.76. The van der Waals surface area contributed by atoms with Crippen LogP contribution in [0.25, 0.3) is 0 Å². The monoisotopic (exact) mass is 308 g/mol. The minimum Gasteiger partial charge on any atom is -0.380 e. The third-order valence-electron chi connectivity index (χ3n) is 4.83. The van der Waals surface area contributed by atoms with Crippen molar-refractivity contribution in [2.24, 2.45) is 5.41 Å². The summed E-state index contributed by atoms with van der Waals surface area (Å²) in [4.78, 5) is 4.27. The van der Waals surface area contributed by atoms with Crippen LogP contribution < -0.4 is 5.32 Å². The van der Waals surface area contributed by atoms with Gasteiger partial charge in [0.25, 0.3) is 0 Å². The smallest absolute Gasteiger partial charge is 0.129 e. The number of pyridine rings is 1. The topological polar surface area (TPSA) is 24.9 Å². The lowest BCUT2D eigenvalue weighted by atomic mass is 9.71. The summed E-state index contributed by atoms with van der Waals surface area (Å²) in [5.41, 5.74) is 1.87. The Balaban J connectivity index is 1.59. The van der Waals surface area contributed by atoms with Gasteiger partial charge in [-0.2, -0.15) is 0 Å². The van der Waals surface area contributed by atoms with Crippen molar-refractivity contribution in [3.63, 3.8) is 0 Å². The van der Waals surface area contributed by atoms with Crippen molar-refractivity contribution >= 4 is 21.6 Å². The van der Waals surface area contributed by atoms with Crippen molar-refractivity contribution in [1.29, 1.82) is 0 Å². The van der Waals surface area contributed by atoms with E-state index < -0.39 is 0 Å². The van der Waals surface area contributed by atoms with Gasteiger partial charge in [0.15, 0.2) is 0 Å². The van der Waals surface area contributed by atoms with E-state index in [-0.39, 0.29) is 0 Å². The molecule has 0 aliphatic heterocycles. The lowest BCUT2D eigenvalue weighted by Gasteiger charge is -2.37. The molecule has 2 nitrogen and oxygen atoms in total. The first-order valence-corrected chi connectivity index (χ1v) is 7.94. The molecule has 1 N–H and O–H groups in total. The van der Waals surface area contributed by atoms with E-state index in [4.69, 9.17) is 0 Å². The van der Waals surface area contributed by atoms with Gasteiger partial charge in [0.1, 0.15) is 4.60 Å². The summed E-state index contributed by atoms with van der Waals surface area (Å²) in [5, 5.41) is 3.65. The van der Waals surface area contributed by atoms with E-state index in [0.717, 1.165) is 15.7 Å². The summed E-state index contributed by atoms with van der Waals surface area (Å²) in [7, 11) is 0. The van der Waals surface area contributed by atoms with Crippen LogP contribution in [0.3, 0.4) is 0 Å². The Hall–Kier alpha value is -0.570. The van der Waals surface area contributed by atoms with Gasteiger partial charge in [0.05, 0.1) is 5.69 Å². The molecule has 0 saturated heterocycles. The zero-order valence-electron chi connectivity index (χ0n) is 10.8. The van der Waals surface area contributed by atoms with Crippen LogP contribution in [0.1, 0.15) is 51.4 Å². The van der Waals surface area contributed by atoms with E-state index in [1.807, 2.05) is 12.3 Å². The molecule has 0 atom stereocenters. The molecule has 0 bridgehead atoms. The standard InChI is InChI=1S/C15H21BrN2/c16-14-13(4-3-11-17-14)18-12-5-9-15(10-6-12)7-1-2-8-15/h3-4,11-12,18H,1-2,5-10H2. The highest BCUT2D eigenvalue weighted by Crippen LogP contribution is 2.49. The first-order valence-electron chi connectivity index (χ1n) is 7.15. The third kappa shape index (κ3) is 2.56. The molecule has 2 saturated carbocycles. The molecule has 0 radical (unpaired) electrons. The van der Waals surface area contributed by atoms with Crippen LogP contribution in [-0.4, -0.2) is 11.0 Å². The van der Waals surface area contributed by atoms with E-state index >= 15 is 0 Å². The molecule has 1 aromatic heterocycles. The van der Waals surface area contributed by atoms with Gasteiger partial charge in [-0.15, -0.1) is 0 Å². The SMILES string of the molecule is Brc1ncccc1NC1CCC2(CCCC2)CC1. The summed E-state index contributed by atoms with van der Waals surface area (Å²) in [6.45, 7) is 0. The minimum absolute atomic E-state index is 0.636. The highest BCUT2D eigenvalue weighted by molar-refractivity contribution is 9.10. The van der Waals surface area contributed by atoms with Gasteiger partial charge in [-0.05, 0) is 72.0 Å². The van der Waals surface area contributed by atoms with Crippen molar-refractivity contribution in [3.05, 3.63) is 22.9 Å². The average Bonchev–Trinajstić information content (AvgIpc) is 2.84. The van der Waals surface area contributed by atoms with Crippen molar-refractivity contribution in [2.75, 3.05) is 5.32 Å². The lowest BCUT2D eigenvalue weighted by molar-refractivity contribution is 0.188. The molecule has 3 heteroatoms. The molecule has 2 aliphatic rings. The van der Waals surface area contributed by atoms with Crippen LogP contribution in [0.2, 0.25) is 0 Å². The van der Waals surface area contributed by atoms with Crippen LogP contribution in [0.4, 0.5) is 5.69 Å². The Kier molecular flexibility index (Phi) is 3.60. The van der Waals surface area contributed by atoms with Gasteiger partial charge in [-0.1, -0.05) is 12.8 Å². The molecular weight excluding hydrogens is 288 g/mol. The molecule has 1 aromatic rings. The van der Waals surface area contributed by atoms with E-state index in [1.54, 1.807) is 0 Å². The molecular formula is C15H21BrN2. The molecule has 1 heterocycles. The van der Waals surface area contributed by atoms with Crippen LogP contribution in [0.5, 0.6) is 0 Å². The fraction of sp³-hybridized carbons (Fsp3) is 0.667. The van der Waals surface area contributed by atoms with E-state index in [2.05, 4.69) is 32.3 Å². The molecule has 18 heavy (non-hydrogen) atoms. The highest BCUT2D eigenvalue weighted by atomic mass is 79.9. The Morgan fingerprint density at radius 1 is 1.17 bits per heavy atom. The Labute approximate surface area is 118 Å². The van der Waals surface area contributed by atoms with Gasteiger partial charge in [-0.25, -0.2) is 4.98 Å². The molecule has 1 spiro atoms. The van der Waals surface area contributed by atoms with Gasteiger partial charge in [-0.3, -0.25) is 0 Å². The van der Waals surface area contributed by atoms with Crippen LogP contribution in [0.15, 0.2) is 22.9 Å². The second kappa shape index (κ2) is 5.20. The van der Waals surface area contributed by atoms with Gasteiger partial charge in [0, 0.05) is 12.2 Å². The summed E-state index contributed by atoms with van der Waals surface area (Å²) in [6, 6.07) is 4.74. The summed E-state index contributed by atoms with van der Waals surface area (Å²) in [5.74, 6) is 0. The second-order valence-corrected chi connectivity index (χ2v) is 6.72. The Bertz CT molecular complexity index is 403. The Morgan fingerprint density at radius 3 is 2.56 bits per heavy atom. The molecule has 0 amide bonds. The van der Waals surface area contributed by atoms with Crippen molar-refractivity contribution in [2.45, 2.75) is 57.4 Å². The minimum atomic E-state index is 0.636. The quantitative estimate of drug-likeness (QED) is 0.797. The zero-order valence-corrected chi connectivity index (χ0v) is 12.4.